The van der Waals surface area contributed by atoms with Gasteiger partial charge in [0.1, 0.15) is 0 Å². The van der Waals surface area contributed by atoms with Gasteiger partial charge in [-0.15, -0.1) is 0 Å². The number of aromatic nitrogens is 2. The third-order valence-electron chi connectivity index (χ3n) is 3.02. The molecule has 4 nitrogen and oxygen atoms in total. The first-order valence-corrected chi connectivity index (χ1v) is 7.82. The first kappa shape index (κ1) is 15.3. The number of anilines is 1. The maximum atomic E-state index is 12.4. The lowest BCUT2D eigenvalue weighted by atomic mass is 10.1. The van der Waals surface area contributed by atoms with Gasteiger partial charge >= 0.3 is 0 Å². The number of rotatable bonds is 4. The molecule has 0 unspecified atom stereocenters. The Morgan fingerprint density at radius 1 is 1.35 bits per heavy atom. The fraction of sp³-hybridized carbons (Fsp3) is 0.286. The van der Waals surface area contributed by atoms with E-state index < -0.39 is 0 Å². The van der Waals surface area contributed by atoms with Crippen molar-refractivity contribution >= 4 is 43.3 Å². The maximum Gasteiger partial charge on any atom is 0.168 e. The number of benzene rings is 1. The Morgan fingerprint density at radius 3 is 2.65 bits per heavy atom. The Bertz CT molecular complexity index is 644. The van der Waals surface area contributed by atoms with Crippen LogP contribution < -0.4 is 5.73 Å². The van der Waals surface area contributed by atoms with Crippen LogP contribution in [0.25, 0.3) is 0 Å². The summed E-state index contributed by atoms with van der Waals surface area (Å²) in [6.45, 7) is 4.65. The molecule has 0 spiro atoms. The van der Waals surface area contributed by atoms with E-state index >= 15 is 0 Å². The van der Waals surface area contributed by atoms with Crippen LogP contribution in [0.5, 0.6) is 0 Å². The van der Waals surface area contributed by atoms with Crippen molar-refractivity contribution < 1.29 is 4.79 Å². The Hall–Kier alpha value is -1.14. The Morgan fingerprint density at radius 2 is 2.05 bits per heavy atom. The van der Waals surface area contributed by atoms with Crippen molar-refractivity contribution in [1.29, 1.82) is 0 Å². The SMILES string of the molecule is CCn1nc(C)c(Br)c1CC(=O)c1cc(N)cc(Br)c1. The lowest BCUT2D eigenvalue weighted by molar-refractivity contribution is 0.0990. The topological polar surface area (TPSA) is 60.9 Å². The van der Waals surface area contributed by atoms with E-state index in [1.165, 1.54) is 0 Å². The van der Waals surface area contributed by atoms with Gasteiger partial charge < -0.3 is 5.73 Å². The van der Waals surface area contributed by atoms with Crippen molar-refractivity contribution in [1.82, 2.24) is 9.78 Å². The first-order valence-electron chi connectivity index (χ1n) is 6.23. The van der Waals surface area contributed by atoms with Crippen molar-refractivity contribution in [2.24, 2.45) is 0 Å². The number of carbonyl (C=O) groups excluding carboxylic acids is 1. The molecule has 1 heterocycles. The number of hydrogen-bond acceptors (Lipinski definition) is 3. The molecule has 0 aliphatic heterocycles. The third kappa shape index (κ3) is 3.12. The average Bonchev–Trinajstić information content (AvgIpc) is 2.65. The van der Waals surface area contributed by atoms with E-state index in [2.05, 4.69) is 37.0 Å². The summed E-state index contributed by atoms with van der Waals surface area (Å²) in [5.41, 5.74) is 8.73. The molecule has 1 aromatic heterocycles. The fourth-order valence-corrected chi connectivity index (χ4v) is 3.00. The van der Waals surface area contributed by atoms with Crippen molar-refractivity contribution in [2.45, 2.75) is 26.8 Å². The van der Waals surface area contributed by atoms with Crippen molar-refractivity contribution in [2.75, 3.05) is 5.73 Å². The zero-order valence-electron chi connectivity index (χ0n) is 11.3. The number of carbonyl (C=O) groups is 1. The summed E-state index contributed by atoms with van der Waals surface area (Å²) in [6, 6.07) is 5.25. The van der Waals surface area contributed by atoms with Crippen LogP contribution in [0, 0.1) is 6.92 Å². The normalized spacial score (nSPS) is 10.8. The van der Waals surface area contributed by atoms with Crippen LogP contribution in [-0.4, -0.2) is 15.6 Å². The number of aryl methyl sites for hydroxylation is 2. The number of nitrogens with zero attached hydrogens (tertiary/aromatic N) is 2. The van der Waals surface area contributed by atoms with Gasteiger partial charge in [-0.2, -0.15) is 5.10 Å². The number of nitrogen functional groups attached to an aromatic ring is 1. The molecule has 0 saturated heterocycles. The van der Waals surface area contributed by atoms with Crippen LogP contribution in [0.15, 0.2) is 27.1 Å². The molecule has 1 aromatic carbocycles. The molecule has 106 valence electrons. The van der Waals surface area contributed by atoms with Crippen LogP contribution in [0.1, 0.15) is 28.7 Å². The minimum Gasteiger partial charge on any atom is -0.399 e. The summed E-state index contributed by atoms with van der Waals surface area (Å²) in [6.07, 6.45) is 0.297. The van der Waals surface area contributed by atoms with Gasteiger partial charge in [0.05, 0.1) is 22.3 Å². The minimum absolute atomic E-state index is 0.0216. The molecule has 0 aliphatic carbocycles. The zero-order valence-corrected chi connectivity index (χ0v) is 14.5. The van der Waals surface area contributed by atoms with Crippen LogP contribution in [0.3, 0.4) is 0 Å². The molecule has 0 amide bonds. The van der Waals surface area contributed by atoms with E-state index in [1.807, 2.05) is 18.5 Å². The minimum atomic E-state index is 0.0216. The number of ketones is 1. The highest BCUT2D eigenvalue weighted by molar-refractivity contribution is 9.10. The quantitative estimate of drug-likeness (QED) is 0.628. The number of nitrogens with two attached hydrogens (primary N) is 1. The van der Waals surface area contributed by atoms with E-state index in [-0.39, 0.29) is 5.78 Å². The van der Waals surface area contributed by atoms with Gasteiger partial charge in [0.25, 0.3) is 0 Å². The van der Waals surface area contributed by atoms with Gasteiger partial charge in [0, 0.05) is 22.3 Å². The van der Waals surface area contributed by atoms with Gasteiger partial charge in [-0.05, 0) is 48.0 Å². The highest BCUT2D eigenvalue weighted by Crippen LogP contribution is 2.24. The first-order chi connectivity index (χ1) is 9.42. The van der Waals surface area contributed by atoms with Crippen LogP contribution in [-0.2, 0) is 13.0 Å². The van der Waals surface area contributed by atoms with Gasteiger partial charge in [-0.25, -0.2) is 0 Å². The van der Waals surface area contributed by atoms with E-state index in [0.29, 0.717) is 17.7 Å². The molecule has 0 atom stereocenters. The molecule has 0 aliphatic rings. The van der Waals surface area contributed by atoms with Crippen LogP contribution >= 0.6 is 31.9 Å². The molecule has 6 heteroatoms. The summed E-state index contributed by atoms with van der Waals surface area (Å²) in [5.74, 6) is 0.0216. The molecule has 2 N–H and O–H groups in total. The van der Waals surface area contributed by atoms with Crippen LogP contribution in [0.2, 0.25) is 0 Å². The van der Waals surface area contributed by atoms with Gasteiger partial charge in [0.15, 0.2) is 5.78 Å². The lowest BCUT2D eigenvalue weighted by Gasteiger charge is -2.06. The molecule has 20 heavy (non-hydrogen) atoms. The largest absolute Gasteiger partial charge is 0.399 e. The molecule has 0 radical (unpaired) electrons. The Kier molecular flexibility index (Phi) is 4.65. The molecule has 0 saturated carbocycles. The summed E-state index contributed by atoms with van der Waals surface area (Å²) in [7, 11) is 0. The maximum absolute atomic E-state index is 12.4. The number of halogens is 2. The van der Waals surface area contributed by atoms with Gasteiger partial charge in [-0.3, -0.25) is 9.48 Å². The highest BCUT2D eigenvalue weighted by atomic mass is 79.9. The molecule has 2 rings (SSSR count). The van der Waals surface area contributed by atoms with Crippen molar-refractivity contribution in [3.63, 3.8) is 0 Å². The summed E-state index contributed by atoms with van der Waals surface area (Å²) in [4.78, 5) is 12.4. The third-order valence-corrected chi connectivity index (χ3v) is 4.51. The second kappa shape index (κ2) is 6.10. The van der Waals surface area contributed by atoms with E-state index in [0.717, 1.165) is 26.9 Å². The van der Waals surface area contributed by atoms with Crippen molar-refractivity contribution in [3.8, 4) is 0 Å². The second-order valence-corrected chi connectivity index (χ2v) is 6.24. The Labute approximate surface area is 134 Å². The average molecular weight is 401 g/mol. The summed E-state index contributed by atoms with van der Waals surface area (Å²) in [5, 5.41) is 4.39. The highest BCUT2D eigenvalue weighted by Gasteiger charge is 2.17. The second-order valence-electron chi connectivity index (χ2n) is 4.54. The predicted octanol–water partition coefficient (Wildman–Crippen LogP) is 3.74. The standard InChI is InChI=1S/C14H15Br2N3O/c1-3-19-12(14(16)8(2)18-19)7-13(20)9-4-10(15)6-11(17)5-9/h4-6H,3,7,17H2,1-2H3. The molecule has 0 bridgehead atoms. The van der Waals surface area contributed by atoms with Gasteiger partial charge in [-0.1, -0.05) is 15.9 Å². The molecular formula is C14H15Br2N3O. The lowest BCUT2D eigenvalue weighted by Crippen LogP contribution is -2.10. The fourth-order valence-electron chi connectivity index (χ4n) is 2.07. The van der Waals surface area contributed by atoms with E-state index in [9.17, 15) is 4.79 Å². The number of Topliss-reactive ketones (excluding diaryl/α,β-unsaturated/α-hetero) is 1. The van der Waals surface area contributed by atoms with Crippen molar-refractivity contribution in [3.05, 3.63) is 44.1 Å². The molecule has 2 aromatic rings. The molecular weight excluding hydrogens is 386 g/mol. The van der Waals surface area contributed by atoms with Crippen LogP contribution in [0.4, 0.5) is 5.69 Å². The molecule has 0 fully saturated rings. The summed E-state index contributed by atoms with van der Waals surface area (Å²) >= 11 is 6.86. The monoisotopic (exact) mass is 399 g/mol. The zero-order chi connectivity index (χ0) is 14.9. The smallest absolute Gasteiger partial charge is 0.168 e. The Balaban J connectivity index is 2.32. The van der Waals surface area contributed by atoms with Gasteiger partial charge in [0.2, 0.25) is 0 Å². The predicted molar refractivity (Wildman–Crippen MR) is 86.9 cm³/mol. The van der Waals surface area contributed by atoms with E-state index in [1.54, 1.807) is 18.2 Å². The summed E-state index contributed by atoms with van der Waals surface area (Å²) < 4.78 is 3.55. The van der Waals surface area contributed by atoms with E-state index in [4.69, 9.17) is 5.73 Å². The number of hydrogen-bond donors (Lipinski definition) is 1.